The number of aryl methyl sites for hydroxylation is 1. The molecule has 0 aliphatic carbocycles. The summed E-state index contributed by atoms with van der Waals surface area (Å²) in [5.74, 6) is 0.178. The molecular formula is C5H5NO3S. The fourth-order valence-electron chi connectivity index (χ4n) is 0.476. The Balaban J connectivity index is 2.74. The number of ether oxygens (including phenoxy) is 1. The number of carboxylic acid groups (broad SMARTS) is 1. The molecule has 0 aliphatic heterocycles. The van der Waals surface area contributed by atoms with Crippen molar-refractivity contribution in [2.45, 2.75) is 6.92 Å². The van der Waals surface area contributed by atoms with Gasteiger partial charge in [-0.2, -0.15) is 0 Å². The SMILES string of the molecule is Cc1scnc1OC(=O)O. The van der Waals surface area contributed by atoms with Gasteiger partial charge in [-0.1, -0.05) is 0 Å². The summed E-state index contributed by atoms with van der Waals surface area (Å²) in [4.78, 5) is 14.4. The Morgan fingerprint density at radius 2 is 2.60 bits per heavy atom. The first kappa shape index (κ1) is 7.01. The molecule has 0 fully saturated rings. The van der Waals surface area contributed by atoms with Crippen molar-refractivity contribution in [1.29, 1.82) is 0 Å². The molecule has 10 heavy (non-hydrogen) atoms. The fourth-order valence-corrected chi connectivity index (χ4v) is 0.977. The maximum Gasteiger partial charge on any atom is 0.512 e. The highest BCUT2D eigenvalue weighted by molar-refractivity contribution is 7.09. The average Bonchev–Trinajstić information content (AvgIpc) is 2.15. The normalized spacial score (nSPS) is 9.30. The first-order valence-corrected chi connectivity index (χ1v) is 3.39. The summed E-state index contributed by atoms with van der Waals surface area (Å²) in [6.07, 6.45) is -1.32. The summed E-state index contributed by atoms with van der Waals surface area (Å²) in [6, 6.07) is 0. The van der Waals surface area contributed by atoms with E-state index in [1.54, 1.807) is 6.92 Å². The van der Waals surface area contributed by atoms with Crippen LogP contribution >= 0.6 is 11.3 Å². The second-order valence-corrected chi connectivity index (χ2v) is 2.64. The van der Waals surface area contributed by atoms with Crippen molar-refractivity contribution in [3.05, 3.63) is 10.4 Å². The van der Waals surface area contributed by atoms with Gasteiger partial charge in [0.05, 0.1) is 10.4 Å². The molecule has 1 aromatic rings. The van der Waals surface area contributed by atoms with Crippen molar-refractivity contribution in [2.75, 3.05) is 0 Å². The third kappa shape index (κ3) is 1.44. The summed E-state index contributed by atoms with van der Waals surface area (Å²) in [6.45, 7) is 1.75. The van der Waals surface area contributed by atoms with E-state index >= 15 is 0 Å². The summed E-state index contributed by atoms with van der Waals surface area (Å²) < 4.78 is 4.30. The van der Waals surface area contributed by atoms with E-state index in [-0.39, 0.29) is 5.88 Å². The van der Waals surface area contributed by atoms with Crippen LogP contribution in [0.5, 0.6) is 5.88 Å². The molecule has 0 amide bonds. The van der Waals surface area contributed by atoms with Gasteiger partial charge in [-0.15, -0.1) is 11.3 Å². The molecule has 1 aromatic heterocycles. The van der Waals surface area contributed by atoms with Crippen LogP contribution in [0.25, 0.3) is 0 Å². The van der Waals surface area contributed by atoms with Crippen LogP contribution in [-0.2, 0) is 0 Å². The Bertz CT molecular complexity index is 245. The minimum Gasteiger partial charge on any atom is -0.449 e. The number of carbonyl (C=O) groups is 1. The molecule has 1 rings (SSSR count). The van der Waals surface area contributed by atoms with Gasteiger partial charge in [-0.05, 0) is 6.92 Å². The van der Waals surface area contributed by atoms with Crippen molar-refractivity contribution in [3.63, 3.8) is 0 Å². The highest BCUT2D eigenvalue weighted by Crippen LogP contribution is 2.18. The van der Waals surface area contributed by atoms with Crippen LogP contribution in [0.15, 0.2) is 5.51 Å². The Hall–Kier alpha value is -1.10. The second kappa shape index (κ2) is 2.66. The molecule has 0 aromatic carbocycles. The van der Waals surface area contributed by atoms with E-state index in [1.165, 1.54) is 16.8 Å². The molecule has 1 heterocycles. The number of hydrogen-bond donors (Lipinski definition) is 1. The van der Waals surface area contributed by atoms with Gasteiger partial charge in [-0.25, -0.2) is 9.78 Å². The topological polar surface area (TPSA) is 59.4 Å². The van der Waals surface area contributed by atoms with Crippen LogP contribution < -0.4 is 4.74 Å². The zero-order valence-corrected chi connectivity index (χ0v) is 6.01. The number of aromatic nitrogens is 1. The van der Waals surface area contributed by atoms with Crippen LogP contribution in [0.2, 0.25) is 0 Å². The molecule has 1 N–H and O–H groups in total. The van der Waals surface area contributed by atoms with Crippen molar-refractivity contribution in [3.8, 4) is 5.88 Å². The average molecular weight is 159 g/mol. The minimum absolute atomic E-state index is 0.178. The number of nitrogens with zero attached hydrogens (tertiary/aromatic N) is 1. The number of thiazole rings is 1. The highest BCUT2D eigenvalue weighted by Gasteiger charge is 2.05. The van der Waals surface area contributed by atoms with Gasteiger partial charge in [-0.3, -0.25) is 0 Å². The van der Waals surface area contributed by atoms with Gasteiger partial charge < -0.3 is 9.84 Å². The third-order valence-electron chi connectivity index (χ3n) is 0.885. The Kier molecular flexibility index (Phi) is 1.86. The standard InChI is InChI=1S/C5H5NO3S/c1-3-4(6-2-10-3)9-5(7)8/h2H,1H3,(H,7,8). The Morgan fingerprint density at radius 1 is 1.90 bits per heavy atom. The zero-order valence-electron chi connectivity index (χ0n) is 5.20. The molecule has 4 nitrogen and oxygen atoms in total. The lowest BCUT2D eigenvalue weighted by molar-refractivity contribution is 0.142. The number of hydrogen-bond acceptors (Lipinski definition) is 4. The number of rotatable bonds is 1. The molecule has 5 heteroatoms. The van der Waals surface area contributed by atoms with E-state index < -0.39 is 6.16 Å². The van der Waals surface area contributed by atoms with Gasteiger partial charge in [0.2, 0.25) is 5.88 Å². The molecule has 54 valence electrons. The second-order valence-electron chi connectivity index (χ2n) is 1.58. The van der Waals surface area contributed by atoms with E-state index in [1.807, 2.05) is 0 Å². The van der Waals surface area contributed by atoms with Crippen LogP contribution in [0.1, 0.15) is 4.88 Å². The molecule has 0 spiro atoms. The summed E-state index contributed by atoms with van der Waals surface area (Å²) in [5, 5.41) is 8.15. The van der Waals surface area contributed by atoms with Crippen LogP contribution in [0.4, 0.5) is 4.79 Å². The molecule has 0 unspecified atom stereocenters. The summed E-state index contributed by atoms with van der Waals surface area (Å²) in [7, 11) is 0. The van der Waals surface area contributed by atoms with E-state index in [0.29, 0.717) is 0 Å². The molecule has 0 aliphatic rings. The predicted octanol–water partition coefficient (Wildman–Crippen LogP) is 1.51. The predicted molar refractivity (Wildman–Crippen MR) is 35.5 cm³/mol. The molecular weight excluding hydrogens is 154 g/mol. The van der Waals surface area contributed by atoms with E-state index in [4.69, 9.17) is 5.11 Å². The van der Waals surface area contributed by atoms with Crippen LogP contribution in [-0.4, -0.2) is 16.2 Å². The van der Waals surface area contributed by atoms with Crippen LogP contribution in [0, 0.1) is 6.92 Å². The lowest BCUT2D eigenvalue weighted by Gasteiger charge is -1.92. The van der Waals surface area contributed by atoms with Crippen molar-refractivity contribution >= 4 is 17.5 Å². The van der Waals surface area contributed by atoms with E-state index in [2.05, 4.69) is 9.72 Å². The van der Waals surface area contributed by atoms with Gasteiger partial charge in [0.1, 0.15) is 0 Å². The molecule has 0 radical (unpaired) electrons. The maximum absolute atomic E-state index is 9.96. The lowest BCUT2D eigenvalue weighted by Crippen LogP contribution is -2.03. The quantitative estimate of drug-likeness (QED) is 0.631. The molecule has 0 bridgehead atoms. The van der Waals surface area contributed by atoms with Gasteiger partial charge >= 0.3 is 6.16 Å². The van der Waals surface area contributed by atoms with Gasteiger partial charge in [0.25, 0.3) is 0 Å². The van der Waals surface area contributed by atoms with E-state index in [9.17, 15) is 4.79 Å². The lowest BCUT2D eigenvalue weighted by atomic mass is 10.6. The molecule has 0 atom stereocenters. The highest BCUT2D eigenvalue weighted by atomic mass is 32.1. The zero-order chi connectivity index (χ0) is 7.56. The monoisotopic (exact) mass is 159 g/mol. The molecule has 0 saturated heterocycles. The van der Waals surface area contributed by atoms with Gasteiger partial charge in [0, 0.05) is 0 Å². The van der Waals surface area contributed by atoms with Crippen molar-refractivity contribution < 1.29 is 14.6 Å². The molecule has 0 saturated carbocycles. The van der Waals surface area contributed by atoms with Gasteiger partial charge in [0.15, 0.2) is 0 Å². The smallest absolute Gasteiger partial charge is 0.449 e. The summed E-state index contributed by atoms with van der Waals surface area (Å²) in [5.41, 5.74) is 1.54. The Morgan fingerprint density at radius 3 is 3.00 bits per heavy atom. The fraction of sp³-hybridized carbons (Fsp3) is 0.200. The largest absolute Gasteiger partial charge is 0.512 e. The third-order valence-corrected chi connectivity index (χ3v) is 1.62. The van der Waals surface area contributed by atoms with E-state index in [0.717, 1.165) is 4.88 Å². The first-order valence-electron chi connectivity index (χ1n) is 2.51. The van der Waals surface area contributed by atoms with Crippen LogP contribution in [0.3, 0.4) is 0 Å². The van der Waals surface area contributed by atoms with Crippen molar-refractivity contribution in [2.24, 2.45) is 0 Å². The summed E-state index contributed by atoms with van der Waals surface area (Å²) >= 11 is 1.35. The first-order chi connectivity index (χ1) is 4.70. The van der Waals surface area contributed by atoms with Crippen molar-refractivity contribution in [1.82, 2.24) is 4.98 Å². The Labute approximate surface area is 61.1 Å². The minimum atomic E-state index is -1.32. The maximum atomic E-state index is 9.96.